The number of amides is 1. The fourth-order valence-electron chi connectivity index (χ4n) is 2.78. The number of nitrogens with zero attached hydrogens (tertiary/aromatic N) is 1. The molecule has 0 aromatic heterocycles. The summed E-state index contributed by atoms with van der Waals surface area (Å²) < 4.78 is 0. The second kappa shape index (κ2) is 5.53. The number of likely N-dealkylation sites (tertiary alicyclic amines) is 1. The molecule has 1 saturated heterocycles. The molecule has 1 aromatic rings. The van der Waals surface area contributed by atoms with E-state index in [4.69, 9.17) is 5.73 Å². The summed E-state index contributed by atoms with van der Waals surface area (Å²) >= 11 is 0. The number of carbonyl (C=O) groups excluding carboxylic acids is 1. The lowest BCUT2D eigenvalue weighted by molar-refractivity contribution is -0.133. The van der Waals surface area contributed by atoms with Crippen LogP contribution in [0.15, 0.2) is 30.3 Å². The number of carbonyl (C=O) groups is 1. The van der Waals surface area contributed by atoms with Crippen molar-refractivity contribution < 1.29 is 4.79 Å². The highest BCUT2D eigenvalue weighted by Crippen LogP contribution is 2.23. The first-order valence-corrected chi connectivity index (χ1v) is 6.68. The van der Waals surface area contributed by atoms with Crippen molar-refractivity contribution in [3.63, 3.8) is 0 Å². The van der Waals surface area contributed by atoms with Crippen LogP contribution in [0.1, 0.15) is 25.8 Å². The number of hydrogen-bond acceptors (Lipinski definition) is 2. The fraction of sp³-hybridized carbons (Fsp3) is 0.533. The van der Waals surface area contributed by atoms with E-state index in [1.807, 2.05) is 35.2 Å². The van der Waals surface area contributed by atoms with Crippen molar-refractivity contribution in [2.45, 2.75) is 38.8 Å². The highest BCUT2D eigenvalue weighted by Gasteiger charge is 2.32. The highest BCUT2D eigenvalue weighted by atomic mass is 16.2. The maximum absolute atomic E-state index is 12.3. The molecular weight excluding hydrogens is 224 g/mol. The van der Waals surface area contributed by atoms with Gasteiger partial charge in [-0.15, -0.1) is 0 Å². The summed E-state index contributed by atoms with van der Waals surface area (Å²) in [6.07, 6.45) is 1.71. The zero-order valence-electron chi connectivity index (χ0n) is 11.2. The predicted octanol–water partition coefficient (Wildman–Crippen LogP) is 1.81. The van der Waals surface area contributed by atoms with E-state index in [0.717, 1.165) is 18.5 Å². The molecule has 1 fully saturated rings. The molecule has 0 radical (unpaired) electrons. The molecule has 18 heavy (non-hydrogen) atoms. The topological polar surface area (TPSA) is 46.3 Å². The predicted molar refractivity (Wildman–Crippen MR) is 73.1 cm³/mol. The Kier molecular flexibility index (Phi) is 4.02. The van der Waals surface area contributed by atoms with Crippen LogP contribution in [-0.4, -0.2) is 29.4 Å². The van der Waals surface area contributed by atoms with E-state index in [-0.39, 0.29) is 5.91 Å². The van der Waals surface area contributed by atoms with Crippen LogP contribution in [0.4, 0.5) is 0 Å². The average molecular weight is 246 g/mol. The van der Waals surface area contributed by atoms with Gasteiger partial charge in [-0.2, -0.15) is 0 Å². The van der Waals surface area contributed by atoms with E-state index in [1.54, 1.807) is 0 Å². The van der Waals surface area contributed by atoms with Crippen LogP contribution in [0.2, 0.25) is 0 Å². The Labute approximate surface area is 109 Å². The molecule has 3 heteroatoms. The molecule has 0 saturated carbocycles. The SMILES string of the molecule is CC1CC(C)N(C(=O)[C@H](N)Cc2ccccc2)C1. The van der Waals surface area contributed by atoms with Gasteiger partial charge in [-0.3, -0.25) is 4.79 Å². The molecule has 0 aliphatic carbocycles. The molecule has 0 bridgehead atoms. The first kappa shape index (κ1) is 13.1. The van der Waals surface area contributed by atoms with Gasteiger partial charge in [0.2, 0.25) is 5.91 Å². The van der Waals surface area contributed by atoms with Crippen LogP contribution >= 0.6 is 0 Å². The van der Waals surface area contributed by atoms with Gasteiger partial charge in [0.25, 0.3) is 0 Å². The number of benzene rings is 1. The molecular formula is C15H22N2O. The lowest BCUT2D eigenvalue weighted by atomic mass is 10.1. The fourth-order valence-corrected chi connectivity index (χ4v) is 2.78. The molecule has 2 rings (SSSR count). The van der Waals surface area contributed by atoms with E-state index in [1.165, 1.54) is 0 Å². The second-order valence-electron chi connectivity index (χ2n) is 5.48. The lowest BCUT2D eigenvalue weighted by Crippen LogP contribution is -2.46. The molecule has 3 atom stereocenters. The maximum atomic E-state index is 12.3. The van der Waals surface area contributed by atoms with E-state index in [0.29, 0.717) is 18.4 Å². The lowest BCUT2D eigenvalue weighted by Gasteiger charge is -2.25. The summed E-state index contributed by atoms with van der Waals surface area (Å²) in [6, 6.07) is 9.88. The van der Waals surface area contributed by atoms with Crippen molar-refractivity contribution in [2.24, 2.45) is 11.7 Å². The largest absolute Gasteiger partial charge is 0.338 e. The van der Waals surface area contributed by atoms with Gasteiger partial charge in [0.15, 0.2) is 0 Å². The zero-order valence-corrected chi connectivity index (χ0v) is 11.2. The Balaban J connectivity index is 1.97. The van der Waals surface area contributed by atoms with Crippen molar-refractivity contribution in [3.05, 3.63) is 35.9 Å². The number of nitrogens with two attached hydrogens (primary N) is 1. The number of hydrogen-bond donors (Lipinski definition) is 1. The average Bonchev–Trinajstić information content (AvgIpc) is 2.68. The molecule has 2 N–H and O–H groups in total. The minimum Gasteiger partial charge on any atom is -0.338 e. The third kappa shape index (κ3) is 2.91. The minimum absolute atomic E-state index is 0.0932. The van der Waals surface area contributed by atoms with Crippen LogP contribution < -0.4 is 5.73 Å². The summed E-state index contributed by atoms with van der Waals surface area (Å²) in [5.41, 5.74) is 7.17. The van der Waals surface area contributed by atoms with Gasteiger partial charge in [0, 0.05) is 12.6 Å². The smallest absolute Gasteiger partial charge is 0.240 e. The molecule has 3 nitrogen and oxygen atoms in total. The van der Waals surface area contributed by atoms with Crippen molar-refractivity contribution in [1.29, 1.82) is 0 Å². The van der Waals surface area contributed by atoms with Crippen LogP contribution in [0.5, 0.6) is 0 Å². The van der Waals surface area contributed by atoms with Gasteiger partial charge >= 0.3 is 0 Å². The van der Waals surface area contributed by atoms with Gasteiger partial charge < -0.3 is 10.6 Å². The third-order valence-corrected chi connectivity index (χ3v) is 3.68. The minimum atomic E-state index is -0.417. The molecule has 2 unspecified atom stereocenters. The van der Waals surface area contributed by atoms with E-state index in [2.05, 4.69) is 13.8 Å². The standard InChI is InChI=1S/C15H22N2O/c1-11-8-12(2)17(10-11)15(18)14(16)9-13-6-4-3-5-7-13/h3-7,11-12,14H,8-10,16H2,1-2H3/t11?,12?,14-/m1/s1. The molecule has 0 spiro atoms. The van der Waals surface area contributed by atoms with E-state index >= 15 is 0 Å². The van der Waals surface area contributed by atoms with E-state index in [9.17, 15) is 4.79 Å². The van der Waals surface area contributed by atoms with E-state index < -0.39 is 6.04 Å². The first-order chi connectivity index (χ1) is 8.58. The van der Waals surface area contributed by atoms with Crippen molar-refractivity contribution in [1.82, 2.24) is 4.90 Å². The summed E-state index contributed by atoms with van der Waals surface area (Å²) in [5.74, 6) is 0.684. The van der Waals surface area contributed by atoms with Crippen LogP contribution in [0, 0.1) is 5.92 Å². The quantitative estimate of drug-likeness (QED) is 0.884. The van der Waals surface area contributed by atoms with Crippen molar-refractivity contribution in [2.75, 3.05) is 6.54 Å². The Hall–Kier alpha value is -1.35. The van der Waals surface area contributed by atoms with Crippen LogP contribution in [0.25, 0.3) is 0 Å². The summed E-state index contributed by atoms with van der Waals surface area (Å²) in [6.45, 7) is 5.14. The Bertz CT molecular complexity index is 404. The Morgan fingerprint density at radius 1 is 1.39 bits per heavy atom. The molecule has 1 aliphatic heterocycles. The Morgan fingerprint density at radius 2 is 2.06 bits per heavy atom. The first-order valence-electron chi connectivity index (χ1n) is 6.68. The van der Waals surface area contributed by atoms with Gasteiger partial charge in [-0.05, 0) is 31.2 Å². The van der Waals surface area contributed by atoms with Crippen molar-refractivity contribution >= 4 is 5.91 Å². The normalized spacial score (nSPS) is 25.2. The summed E-state index contributed by atoms with van der Waals surface area (Å²) in [7, 11) is 0. The molecule has 1 amide bonds. The zero-order chi connectivity index (χ0) is 13.1. The molecule has 98 valence electrons. The monoisotopic (exact) mass is 246 g/mol. The van der Waals surface area contributed by atoms with Crippen LogP contribution in [-0.2, 0) is 11.2 Å². The maximum Gasteiger partial charge on any atom is 0.240 e. The van der Waals surface area contributed by atoms with Gasteiger partial charge in [-0.25, -0.2) is 0 Å². The van der Waals surface area contributed by atoms with Gasteiger partial charge in [-0.1, -0.05) is 37.3 Å². The summed E-state index contributed by atoms with van der Waals surface area (Å²) in [4.78, 5) is 14.2. The van der Waals surface area contributed by atoms with Crippen molar-refractivity contribution in [3.8, 4) is 0 Å². The summed E-state index contributed by atoms with van der Waals surface area (Å²) in [5, 5.41) is 0. The second-order valence-corrected chi connectivity index (χ2v) is 5.48. The molecule has 1 aliphatic rings. The molecule has 1 heterocycles. The highest BCUT2D eigenvalue weighted by molar-refractivity contribution is 5.82. The molecule has 1 aromatic carbocycles. The van der Waals surface area contributed by atoms with Gasteiger partial charge in [0.1, 0.15) is 0 Å². The van der Waals surface area contributed by atoms with Crippen LogP contribution in [0.3, 0.4) is 0 Å². The third-order valence-electron chi connectivity index (χ3n) is 3.68. The van der Waals surface area contributed by atoms with Gasteiger partial charge in [0.05, 0.1) is 6.04 Å². The Morgan fingerprint density at radius 3 is 2.61 bits per heavy atom. The number of rotatable bonds is 3.